The van der Waals surface area contributed by atoms with Gasteiger partial charge in [-0.3, -0.25) is 4.79 Å². The first-order valence-electron chi connectivity index (χ1n) is 12.0. The molecule has 1 amide bonds. The topological polar surface area (TPSA) is 63.9 Å². The molecule has 1 saturated heterocycles. The Balaban J connectivity index is 1.19. The molecule has 0 spiro atoms. The zero-order valence-electron chi connectivity index (χ0n) is 19.0. The van der Waals surface area contributed by atoms with Crippen molar-refractivity contribution in [2.24, 2.45) is 0 Å². The van der Waals surface area contributed by atoms with Crippen LogP contribution in [0.3, 0.4) is 0 Å². The molecule has 2 aromatic carbocycles. The molecule has 0 radical (unpaired) electrons. The second kappa shape index (κ2) is 9.50. The van der Waals surface area contributed by atoms with Crippen molar-refractivity contribution in [1.29, 1.82) is 0 Å². The Bertz CT molecular complexity index is 1260. The SMILES string of the molecule is O=C(CSc1nnc(C2CC2)n1Cc1ccccc1)N1CCCC[C@H]1c1nc2ccccc2s1. The van der Waals surface area contributed by atoms with Crippen molar-refractivity contribution >= 4 is 39.2 Å². The highest BCUT2D eigenvalue weighted by molar-refractivity contribution is 7.99. The summed E-state index contributed by atoms with van der Waals surface area (Å²) in [6, 6.07) is 18.7. The minimum Gasteiger partial charge on any atom is -0.332 e. The maximum atomic E-state index is 13.4. The molecular formula is C26H27N5OS2. The van der Waals surface area contributed by atoms with Crippen molar-refractivity contribution in [1.82, 2.24) is 24.6 Å². The Morgan fingerprint density at radius 1 is 1.00 bits per heavy atom. The molecule has 1 aliphatic carbocycles. The number of piperidine rings is 1. The minimum absolute atomic E-state index is 0.0727. The van der Waals surface area contributed by atoms with E-state index in [1.54, 1.807) is 11.3 Å². The molecule has 1 atom stereocenters. The Morgan fingerprint density at radius 3 is 2.65 bits per heavy atom. The van der Waals surface area contributed by atoms with Crippen LogP contribution in [-0.4, -0.2) is 42.9 Å². The number of hydrogen-bond acceptors (Lipinski definition) is 6. The smallest absolute Gasteiger partial charge is 0.233 e. The zero-order chi connectivity index (χ0) is 22.9. The fourth-order valence-corrected chi connectivity index (χ4v) is 6.64. The third-order valence-corrected chi connectivity index (χ3v) is 8.70. The fraction of sp³-hybridized carbons (Fsp3) is 0.385. The van der Waals surface area contributed by atoms with Gasteiger partial charge in [0.05, 0.1) is 28.6 Å². The number of para-hydroxylation sites is 1. The molecule has 0 bridgehead atoms. The van der Waals surface area contributed by atoms with E-state index in [4.69, 9.17) is 4.98 Å². The van der Waals surface area contributed by atoms with Crippen LogP contribution in [0.15, 0.2) is 59.8 Å². The van der Waals surface area contributed by atoms with Crippen LogP contribution in [-0.2, 0) is 11.3 Å². The quantitative estimate of drug-likeness (QED) is 0.314. The normalized spacial score (nSPS) is 18.5. The van der Waals surface area contributed by atoms with Gasteiger partial charge in [0.2, 0.25) is 5.91 Å². The summed E-state index contributed by atoms with van der Waals surface area (Å²) in [4.78, 5) is 20.3. The molecule has 2 fully saturated rings. The van der Waals surface area contributed by atoms with Crippen LogP contribution < -0.4 is 0 Å². The number of nitrogens with zero attached hydrogens (tertiary/aromatic N) is 5. The lowest BCUT2D eigenvalue weighted by atomic mass is 10.0. The molecule has 0 N–H and O–H groups in total. The number of amides is 1. The van der Waals surface area contributed by atoms with E-state index in [-0.39, 0.29) is 11.9 Å². The van der Waals surface area contributed by atoms with Gasteiger partial charge in [-0.2, -0.15) is 0 Å². The van der Waals surface area contributed by atoms with E-state index in [2.05, 4.69) is 51.2 Å². The highest BCUT2D eigenvalue weighted by Crippen LogP contribution is 2.40. The highest BCUT2D eigenvalue weighted by Gasteiger charge is 2.32. The van der Waals surface area contributed by atoms with E-state index in [1.807, 2.05) is 23.1 Å². The zero-order valence-corrected chi connectivity index (χ0v) is 20.6. The summed E-state index contributed by atoms with van der Waals surface area (Å²) >= 11 is 3.24. The highest BCUT2D eigenvalue weighted by atomic mass is 32.2. The number of benzene rings is 2. The molecule has 1 aliphatic heterocycles. The Kier molecular flexibility index (Phi) is 6.09. The average molecular weight is 490 g/mol. The standard InChI is InChI=1S/C26H27N5OS2/c32-23(30-15-7-6-11-21(30)25-27-20-10-4-5-12-22(20)34-25)17-33-26-29-28-24(19-13-14-19)31(26)16-18-8-2-1-3-9-18/h1-5,8-10,12,19,21H,6-7,11,13-17H2/t21-/m0/s1. The number of hydrogen-bond donors (Lipinski definition) is 0. The van der Waals surface area contributed by atoms with Gasteiger partial charge >= 0.3 is 0 Å². The van der Waals surface area contributed by atoms with Crippen molar-refractivity contribution in [3.8, 4) is 0 Å². The molecule has 3 heterocycles. The second-order valence-electron chi connectivity index (χ2n) is 9.09. The summed E-state index contributed by atoms with van der Waals surface area (Å²) in [5.41, 5.74) is 2.25. The molecule has 8 heteroatoms. The Hall–Kier alpha value is -2.71. The summed E-state index contributed by atoms with van der Waals surface area (Å²) in [5.74, 6) is 2.10. The summed E-state index contributed by atoms with van der Waals surface area (Å²) < 4.78 is 3.40. The molecule has 6 rings (SSSR count). The van der Waals surface area contributed by atoms with E-state index in [0.29, 0.717) is 11.7 Å². The van der Waals surface area contributed by atoms with Crippen LogP contribution in [0.25, 0.3) is 10.2 Å². The van der Waals surface area contributed by atoms with E-state index >= 15 is 0 Å². The van der Waals surface area contributed by atoms with E-state index < -0.39 is 0 Å². The molecule has 2 aliphatic rings. The van der Waals surface area contributed by atoms with Crippen molar-refractivity contribution in [3.63, 3.8) is 0 Å². The molecule has 174 valence electrons. The summed E-state index contributed by atoms with van der Waals surface area (Å²) in [7, 11) is 0. The molecule has 0 unspecified atom stereocenters. The number of thioether (sulfide) groups is 1. The molecular weight excluding hydrogens is 462 g/mol. The largest absolute Gasteiger partial charge is 0.332 e. The number of thiazole rings is 1. The molecule has 6 nitrogen and oxygen atoms in total. The Morgan fingerprint density at radius 2 is 1.82 bits per heavy atom. The first-order chi connectivity index (χ1) is 16.8. The van der Waals surface area contributed by atoms with Crippen molar-refractivity contribution in [3.05, 3.63) is 71.0 Å². The summed E-state index contributed by atoms with van der Waals surface area (Å²) in [6.07, 6.45) is 5.51. The third-order valence-electron chi connectivity index (χ3n) is 6.61. The number of fused-ring (bicyclic) bond motifs is 1. The van der Waals surface area contributed by atoms with Gasteiger partial charge in [0.25, 0.3) is 0 Å². The van der Waals surface area contributed by atoms with Gasteiger partial charge in [-0.1, -0.05) is 54.2 Å². The van der Waals surface area contributed by atoms with Crippen LogP contribution in [0, 0.1) is 0 Å². The van der Waals surface area contributed by atoms with E-state index in [1.165, 1.54) is 34.9 Å². The van der Waals surface area contributed by atoms with E-state index in [9.17, 15) is 4.79 Å². The lowest BCUT2D eigenvalue weighted by Crippen LogP contribution is -2.39. The molecule has 2 aromatic heterocycles. The lowest BCUT2D eigenvalue weighted by Gasteiger charge is -2.34. The lowest BCUT2D eigenvalue weighted by molar-refractivity contribution is -0.132. The van der Waals surface area contributed by atoms with Gasteiger partial charge in [-0.15, -0.1) is 21.5 Å². The van der Waals surface area contributed by atoms with Crippen molar-refractivity contribution in [2.45, 2.75) is 55.8 Å². The molecule has 4 aromatic rings. The number of likely N-dealkylation sites (tertiary alicyclic amines) is 1. The summed E-state index contributed by atoms with van der Waals surface area (Å²) in [6.45, 7) is 1.54. The maximum absolute atomic E-state index is 13.4. The van der Waals surface area contributed by atoms with Crippen LogP contribution in [0.4, 0.5) is 0 Å². The summed E-state index contributed by atoms with van der Waals surface area (Å²) in [5, 5.41) is 10.9. The maximum Gasteiger partial charge on any atom is 0.233 e. The van der Waals surface area contributed by atoms with Crippen LogP contribution in [0.2, 0.25) is 0 Å². The van der Waals surface area contributed by atoms with Gasteiger partial charge in [0.1, 0.15) is 10.8 Å². The predicted octanol–water partition coefficient (Wildman–Crippen LogP) is 5.66. The molecule has 34 heavy (non-hydrogen) atoms. The number of aromatic nitrogens is 4. The minimum atomic E-state index is 0.0727. The first kappa shape index (κ1) is 21.8. The van der Waals surface area contributed by atoms with Crippen LogP contribution >= 0.6 is 23.1 Å². The Labute approximate surface area is 207 Å². The fourth-order valence-electron chi connectivity index (χ4n) is 4.69. The van der Waals surface area contributed by atoms with Gasteiger partial charge in [0.15, 0.2) is 5.16 Å². The molecule has 1 saturated carbocycles. The van der Waals surface area contributed by atoms with E-state index in [0.717, 1.165) is 53.9 Å². The number of carbonyl (C=O) groups excluding carboxylic acids is 1. The number of rotatable bonds is 7. The second-order valence-corrected chi connectivity index (χ2v) is 11.1. The monoisotopic (exact) mass is 489 g/mol. The van der Waals surface area contributed by atoms with Gasteiger partial charge in [-0.25, -0.2) is 4.98 Å². The van der Waals surface area contributed by atoms with Gasteiger partial charge < -0.3 is 9.47 Å². The van der Waals surface area contributed by atoms with Crippen molar-refractivity contribution in [2.75, 3.05) is 12.3 Å². The number of carbonyl (C=O) groups is 1. The van der Waals surface area contributed by atoms with Crippen molar-refractivity contribution < 1.29 is 4.79 Å². The average Bonchev–Trinajstić information content (AvgIpc) is 3.50. The van der Waals surface area contributed by atoms with Gasteiger partial charge in [0, 0.05) is 12.5 Å². The predicted molar refractivity (Wildman–Crippen MR) is 136 cm³/mol. The van der Waals surface area contributed by atoms with Crippen LogP contribution in [0.1, 0.15) is 60.5 Å². The third kappa shape index (κ3) is 4.49. The van der Waals surface area contributed by atoms with Gasteiger partial charge in [-0.05, 0) is 49.8 Å². The van der Waals surface area contributed by atoms with Crippen LogP contribution in [0.5, 0.6) is 0 Å². The first-order valence-corrected chi connectivity index (χ1v) is 13.8.